The molecule has 0 saturated carbocycles. The minimum atomic E-state index is 1.11. The minimum Gasteiger partial charge on any atom is -0.0736 e. The van der Waals surface area contributed by atoms with Gasteiger partial charge in [-0.15, -0.1) is 0 Å². The molecule has 0 heteroatoms. The summed E-state index contributed by atoms with van der Waals surface area (Å²) >= 11 is 0. The first kappa shape index (κ1) is 14.3. The molecule has 0 fully saturated rings. The molecule has 20 heavy (non-hydrogen) atoms. The van der Waals surface area contributed by atoms with Crippen LogP contribution in [0.1, 0.15) is 32.8 Å². The van der Waals surface area contributed by atoms with Crippen molar-refractivity contribution >= 4 is 5.57 Å². The third-order valence-electron chi connectivity index (χ3n) is 3.62. The zero-order valence-electron chi connectivity index (χ0n) is 12.6. The van der Waals surface area contributed by atoms with E-state index >= 15 is 0 Å². The third kappa shape index (κ3) is 3.71. The van der Waals surface area contributed by atoms with Crippen molar-refractivity contribution in [2.45, 2.75) is 27.2 Å². The number of benzene rings is 2. The lowest BCUT2D eigenvalue weighted by Crippen LogP contribution is -1.81. The SMILES string of the molecule is CC/C(C)=C\C=C(/C)c1ccc(-c2ccccc2)cc1. The van der Waals surface area contributed by atoms with Crippen LogP contribution in [0.25, 0.3) is 16.7 Å². The van der Waals surface area contributed by atoms with Crippen LogP contribution in [0.3, 0.4) is 0 Å². The third-order valence-corrected chi connectivity index (χ3v) is 3.62. The Labute approximate surface area is 122 Å². The largest absolute Gasteiger partial charge is 0.0736 e. The van der Waals surface area contributed by atoms with E-state index in [-0.39, 0.29) is 0 Å². The second-order valence-electron chi connectivity index (χ2n) is 5.16. The summed E-state index contributed by atoms with van der Waals surface area (Å²) in [4.78, 5) is 0. The molecule has 0 bridgehead atoms. The van der Waals surface area contributed by atoms with Gasteiger partial charge in [0, 0.05) is 0 Å². The van der Waals surface area contributed by atoms with Gasteiger partial charge in [0.15, 0.2) is 0 Å². The standard InChI is InChI=1S/C20H22/c1-4-16(2)10-11-17(3)18-12-14-20(15-13-18)19-8-6-5-7-9-19/h5-15H,4H2,1-3H3/b16-10-,17-11+. The lowest BCUT2D eigenvalue weighted by Gasteiger charge is -2.05. The Bertz CT molecular complexity index is 598. The van der Waals surface area contributed by atoms with E-state index in [0.29, 0.717) is 0 Å². The quantitative estimate of drug-likeness (QED) is 0.583. The Morgan fingerprint density at radius 2 is 1.40 bits per heavy atom. The van der Waals surface area contributed by atoms with Gasteiger partial charge in [-0.25, -0.2) is 0 Å². The fourth-order valence-electron chi connectivity index (χ4n) is 2.04. The lowest BCUT2D eigenvalue weighted by molar-refractivity contribution is 1.10. The van der Waals surface area contributed by atoms with Crippen LogP contribution in [0.5, 0.6) is 0 Å². The average Bonchev–Trinajstić information content (AvgIpc) is 2.53. The maximum atomic E-state index is 2.21. The van der Waals surface area contributed by atoms with E-state index in [1.54, 1.807) is 0 Å². The van der Waals surface area contributed by atoms with Crippen LogP contribution in [0.4, 0.5) is 0 Å². The predicted octanol–water partition coefficient (Wildman–Crippen LogP) is 6.11. The normalized spacial score (nSPS) is 12.6. The first-order chi connectivity index (χ1) is 9.70. The molecule has 0 amide bonds. The molecular weight excluding hydrogens is 240 g/mol. The summed E-state index contributed by atoms with van der Waals surface area (Å²) in [6.07, 6.45) is 5.52. The molecule has 0 nitrogen and oxygen atoms in total. The summed E-state index contributed by atoms with van der Waals surface area (Å²) in [6.45, 7) is 6.52. The second kappa shape index (κ2) is 6.91. The number of rotatable bonds is 4. The van der Waals surface area contributed by atoms with E-state index in [1.165, 1.54) is 27.8 Å². The fourth-order valence-corrected chi connectivity index (χ4v) is 2.04. The first-order valence-corrected chi connectivity index (χ1v) is 7.20. The summed E-state index contributed by atoms with van der Waals surface area (Å²) in [5, 5.41) is 0. The zero-order chi connectivity index (χ0) is 14.4. The lowest BCUT2D eigenvalue weighted by atomic mass is 10.0. The highest BCUT2D eigenvalue weighted by molar-refractivity contribution is 5.70. The van der Waals surface area contributed by atoms with E-state index < -0.39 is 0 Å². The van der Waals surface area contributed by atoms with Gasteiger partial charge in [-0.1, -0.05) is 79.2 Å². The molecule has 0 aliphatic rings. The van der Waals surface area contributed by atoms with Gasteiger partial charge in [0.2, 0.25) is 0 Å². The molecule has 0 radical (unpaired) electrons. The molecule has 0 aliphatic heterocycles. The van der Waals surface area contributed by atoms with Crippen molar-refractivity contribution in [1.29, 1.82) is 0 Å². The van der Waals surface area contributed by atoms with E-state index in [1.807, 2.05) is 6.07 Å². The molecule has 102 valence electrons. The van der Waals surface area contributed by atoms with E-state index in [0.717, 1.165) is 6.42 Å². The number of allylic oxidation sites excluding steroid dienone is 4. The van der Waals surface area contributed by atoms with Gasteiger partial charge in [0.25, 0.3) is 0 Å². The Kier molecular flexibility index (Phi) is 4.95. The Hall–Kier alpha value is -2.08. The summed E-state index contributed by atoms with van der Waals surface area (Å²) in [5.41, 5.74) is 6.53. The molecule has 0 N–H and O–H groups in total. The van der Waals surface area contributed by atoms with Crippen molar-refractivity contribution in [2.24, 2.45) is 0 Å². The fraction of sp³-hybridized carbons (Fsp3) is 0.200. The summed E-state index contributed by atoms with van der Waals surface area (Å²) in [6, 6.07) is 19.3. The topological polar surface area (TPSA) is 0 Å². The molecule has 0 spiro atoms. The molecule has 0 aromatic heterocycles. The van der Waals surface area contributed by atoms with Crippen LogP contribution >= 0.6 is 0 Å². The van der Waals surface area contributed by atoms with Gasteiger partial charge < -0.3 is 0 Å². The molecule has 0 heterocycles. The summed E-state index contributed by atoms with van der Waals surface area (Å²) in [5.74, 6) is 0. The molecular formula is C20H22. The van der Waals surface area contributed by atoms with Crippen LogP contribution < -0.4 is 0 Å². The van der Waals surface area contributed by atoms with E-state index in [4.69, 9.17) is 0 Å². The Morgan fingerprint density at radius 1 is 0.800 bits per heavy atom. The van der Waals surface area contributed by atoms with Gasteiger partial charge in [-0.2, -0.15) is 0 Å². The van der Waals surface area contributed by atoms with E-state index in [2.05, 4.69) is 81.5 Å². The van der Waals surface area contributed by atoms with Crippen LogP contribution in [0.2, 0.25) is 0 Å². The highest BCUT2D eigenvalue weighted by atomic mass is 14.0. The second-order valence-corrected chi connectivity index (χ2v) is 5.16. The van der Waals surface area contributed by atoms with Gasteiger partial charge >= 0.3 is 0 Å². The molecule has 0 unspecified atom stereocenters. The van der Waals surface area contributed by atoms with Crippen LogP contribution in [0.15, 0.2) is 72.3 Å². The Morgan fingerprint density at radius 3 is 2.00 bits per heavy atom. The Balaban J connectivity index is 2.20. The van der Waals surface area contributed by atoms with Crippen LogP contribution in [-0.2, 0) is 0 Å². The highest BCUT2D eigenvalue weighted by Crippen LogP contribution is 2.22. The molecule has 2 aromatic rings. The molecule has 0 atom stereocenters. The maximum Gasteiger partial charge on any atom is -0.0184 e. The first-order valence-electron chi connectivity index (χ1n) is 7.20. The van der Waals surface area contributed by atoms with Crippen molar-refractivity contribution in [3.05, 3.63) is 77.9 Å². The van der Waals surface area contributed by atoms with Gasteiger partial charge in [0.05, 0.1) is 0 Å². The highest BCUT2D eigenvalue weighted by Gasteiger charge is 1.98. The number of hydrogen-bond acceptors (Lipinski definition) is 0. The summed E-state index contributed by atoms with van der Waals surface area (Å²) < 4.78 is 0. The number of hydrogen-bond donors (Lipinski definition) is 0. The van der Waals surface area contributed by atoms with Crippen LogP contribution in [0, 0.1) is 0 Å². The van der Waals surface area contributed by atoms with Crippen molar-refractivity contribution in [1.82, 2.24) is 0 Å². The van der Waals surface area contributed by atoms with Crippen molar-refractivity contribution in [2.75, 3.05) is 0 Å². The molecule has 0 saturated heterocycles. The van der Waals surface area contributed by atoms with Crippen LogP contribution in [-0.4, -0.2) is 0 Å². The molecule has 2 aromatic carbocycles. The summed E-state index contributed by atoms with van der Waals surface area (Å²) in [7, 11) is 0. The zero-order valence-corrected chi connectivity index (χ0v) is 12.6. The van der Waals surface area contributed by atoms with Gasteiger partial charge in [-0.3, -0.25) is 0 Å². The van der Waals surface area contributed by atoms with Crippen molar-refractivity contribution in [3.63, 3.8) is 0 Å². The van der Waals surface area contributed by atoms with Gasteiger partial charge in [-0.05, 0) is 42.5 Å². The van der Waals surface area contributed by atoms with Gasteiger partial charge in [0.1, 0.15) is 0 Å². The monoisotopic (exact) mass is 262 g/mol. The molecule has 2 rings (SSSR count). The minimum absolute atomic E-state index is 1.11. The molecule has 0 aliphatic carbocycles. The average molecular weight is 262 g/mol. The van der Waals surface area contributed by atoms with Crippen molar-refractivity contribution < 1.29 is 0 Å². The predicted molar refractivity (Wildman–Crippen MR) is 89.6 cm³/mol. The van der Waals surface area contributed by atoms with Crippen molar-refractivity contribution in [3.8, 4) is 11.1 Å². The smallest absolute Gasteiger partial charge is 0.0184 e. The maximum absolute atomic E-state index is 2.21. The van der Waals surface area contributed by atoms with E-state index in [9.17, 15) is 0 Å².